The van der Waals surface area contributed by atoms with Crippen LogP contribution in [0, 0.1) is 6.92 Å². The van der Waals surface area contributed by atoms with E-state index in [4.69, 9.17) is 10.5 Å². The van der Waals surface area contributed by atoms with Crippen molar-refractivity contribution in [2.24, 2.45) is 0 Å². The van der Waals surface area contributed by atoms with Crippen LogP contribution in [0.1, 0.15) is 32.6 Å². The van der Waals surface area contributed by atoms with Crippen molar-refractivity contribution in [1.29, 1.82) is 0 Å². The number of nitrogen functional groups attached to an aromatic ring is 1. The molecule has 100 valence electrons. The summed E-state index contributed by atoms with van der Waals surface area (Å²) in [7, 11) is 0. The smallest absolute Gasteiger partial charge is 0.338 e. The van der Waals surface area contributed by atoms with Crippen molar-refractivity contribution in [3.05, 3.63) is 51.2 Å². The first-order valence-electron chi connectivity index (χ1n) is 6.21. The van der Waals surface area contributed by atoms with E-state index < -0.39 is 0 Å². The zero-order valence-corrected chi connectivity index (χ0v) is 11.9. The number of aryl methyl sites for hydroxylation is 2. The molecule has 2 rings (SSSR count). The molecule has 0 spiro atoms. The quantitative estimate of drug-likeness (QED) is 0.685. The topological polar surface area (TPSA) is 52.3 Å². The van der Waals surface area contributed by atoms with Gasteiger partial charge in [-0.05, 0) is 43.2 Å². The van der Waals surface area contributed by atoms with Gasteiger partial charge in [0.15, 0.2) is 0 Å². The van der Waals surface area contributed by atoms with Crippen LogP contribution in [0.25, 0.3) is 0 Å². The fourth-order valence-corrected chi connectivity index (χ4v) is 2.55. The molecule has 0 fully saturated rings. The molecule has 3 nitrogen and oxygen atoms in total. The van der Waals surface area contributed by atoms with Crippen LogP contribution >= 0.6 is 11.3 Å². The van der Waals surface area contributed by atoms with Gasteiger partial charge in [-0.25, -0.2) is 4.79 Å². The molecule has 1 aromatic carbocycles. The number of ether oxygens (including phenoxy) is 1. The summed E-state index contributed by atoms with van der Waals surface area (Å²) in [4.78, 5) is 14.2. The summed E-state index contributed by atoms with van der Waals surface area (Å²) >= 11 is 1.67. The van der Waals surface area contributed by atoms with E-state index in [0.717, 1.165) is 16.9 Å². The molecule has 4 heteroatoms. The Bertz CT molecular complexity index is 590. The molecule has 0 aliphatic rings. The second-order valence-electron chi connectivity index (χ2n) is 4.37. The molecule has 0 atom stereocenters. The molecule has 0 saturated carbocycles. The van der Waals surface area contributed by atoms with Crippen LogP contribution in [0.2, 0.25) is 0 Å². The first-order valence-corrected chi connectivity index (χ1v) is 7.02. The lowest BCUT2D eigenvalue weighted by atomic mass is 10.1. The van der Waals surface area contributed by atoms with E-state index in [1.807, 2.05) is 19.1 Å². The highest BCUT2D eigenvalue weighted by Gasteiger charge is 2.09. The van der Waals surface area contributed by atoms with E-state index in [0.29, 0.717) is 17.9 Å². The third-order valence-electron chi connectivity index (χ3n) is 2.93. The summed E-state index contributed by atoms with van der Waals surface area (Å²) in [5.41, 5.74) is 7.85. The summed E-state index contributed by atoms with van der Waals surface area (Å²) in [5, 5.41) is 0. The number of hydrogen-bond acceptors (Lipinski definition) is 4. The SMILES string of the molecule is CCc1ccc(COC(=O)c2ccc(C)c(N)c2)s1. The van der Waals surface area contributed by atoms with E-state index >= 15 is 0 Å². The number of anilines is 1. The lowest BCUT2D eigenvalue weighted by Crippen LogP contribution is -2.05. The summed E-state index contributed by atoms with van der Waals surface area (Å²) in [6, 6.07) is 9.29. The minimum Gasteiger partial charge on any atom is -0.456 e. The zero-order valence-electron chi connectivity index (χ0n) is 11.1. The van der Waals surface area contributed by atoms with Crippen molar-refractivity contribution >= 4 is 23.0 Å². The van der Waals surface area contributed by atoms with Gasteiger partial charge in [0.2, 0.25) is 0 Å². The summed E-state index contributed by atoms with van der Waals surface area (Å²) in [5.74, 6) is -0.335. The number of rotatable bonds is 4. The first-order chi connectivity index (χ1) is 9.10. The van der Waals surface area contributed by atoms with Gasteiger partial charge in [-0.3, -0.25) is 0 Å². The van der Waals surface area contributed by atoms with Gasteiger partial charge in [0.05, 0.1) is 5.56 Å². The van der Waals surface area contributed by atoms with Gasteiger partial charge in [-0.15, -0.1) is 11.3 Å². The molecular formula is C15H17NO2S. The van der Waals surface area contributed by atoms with E-state index in [1.165, 1.54) is 4.88 Å². The predicted molar refractivity (Wildman–Crippen MR) is 78.4 cm³/mol. The second-order valence-corrected chi connectivity index (χ2v) is 5.62. The van der Waals surface area contributed by atoms with Gasteiger partial charge in [-0.1, -0.05) is 13.0 Å². The van der Waals surface area contributed by atoms with Gasteiger partial charge in [0.25, 0.3) is 0 Å². The predicted octanol–water partition coefficient (Wildman–Crippen LogP) is 3.56. The average molecular weight is 275 g/mol. The number of benzene rings is 1. The van der Waals surface area contributed by atoms with Crippen LogP contribution in [0.5, 0.6) is 0 Å². The Morgan fingerprint density at radius 3 is 2.63 bits per heavy atom. The van der Waals surface area contributed by atoms with Gasteiger partial charge >= 0.3 is 5.97 Å². The molecule has 2 aromatic rings. The maximum Gasteiger partial charge on any atom is 0.338 e. The van der Waals surface area contributed by atoms with E-state index in [9.17, 15) is 4.79 Å². The van der Waals surface area contributed by atoms with E-state index in [1.54, 1.807) is 23.5 Å². The molecule has 1 heterocycles. The zero-order chi connectivity index (χ0) is 13.8. The molecule has 0 aliphatic heterocycles. The summed E-state index contributed by atoms with van der Waals surface area (Å²) in [6.07, 6.45) is 1.01. The molecule has 0 unspecified atom stereocenters. The summed E-state index contributed by atoms with van der Waals surface area (Å²) in [6.45, 7) is 4.33. The Morgan fingerprint density at radius 1 is 1.26 bits per heavy atom. The highest BCUT2D eigenvalue weighted by atomic mass is 32.1. The first kappa shape index (κ1) is 13.6. The number of hydrogen-bond donors (Lipinski definition) is 1. The number of thiophene rings is 1. The van der Waals surface area contributed by atoms with Crippen molar-refractivity contribution < 1.29 is 9.53 Å². The molecule has 2 N–H and O–H groups in total. The maximum atomic E-state index is 11.9. The third-order valence-corrected chi connectivity index (χ3v) is 4.13. The fraction of sp³-hybridized carbons (Fsp3) is 0.267. The van der Waals surface area contributed by atoms with Crippen LogP contribution < -0.4 is 5.73 Å². The molecule has 1 aromatic heterocycles. The molecule has 0 saturated heterocycles. The molecular weight excluding hydrogens is 258 g/mol. The lowest BCUT2D eigenvalue weighted by molar-refractivity contribution is 0.0477. The third kappa shape index (κ3) is 3.35. The van der Waals surface area contributed by atoms with Gasteiger partial charge in [-0.2, -0.15) is 0 Å². The number of carbonyl (C=O) groups is 1. The average Bonchev–Trinajstić information content (AvgIpc) is 2.87. The van der Waals surface area contributed by atoms with E-state index in [-0.39, 0.29) is 5.97 Å². The molecule has 0 bridgehead atoms. The van der Waals surface area contributed by atoms with Crippen molar-refractivity contribution in [2.45, 2.75) is 26.9 Å². The molecule has 0 amide bonds. The van der Waals surface area contributed by atoms with E-state index in [2.05, 4.69) is 13.0 Å². The molecule has 0 aliphatic carbocycles. The Morgan fingerprint density at radius 2 is 2.00 bits per heavy atom. The van der Waals surface area contributed by atoms with Gasteiger partial charge in [0, 0.05) is 15.4 Å². The Labute approximate surface area is 117 Å². The van der Waals surface area contributed by atoms with Crippen LogP contribution in [0.3, 0.4) is 0 Å². The van der Waals surface area contributed by atoms with Gasteiger partial charge < -0.3 is 10.5 Å². The molecule has 0 radical (unpaired) electrons. The van der Waals surface area contributed by atoms with Crippen LogP contribution in [-0.2, 0) is 17.8 Å². The fourth-order valence-electron chi connectivity index (χ4n) is 1.68. The standard InChI is InChI=1S/C15H17NO2S/c1-3-12-6-7-13(19-12)9-18-15(17)11-5-4-10(2)14(16)8-11/h4-8H,3,9,16H2,1-2H3. The minimum absolute atomic E-state index is 0.317. The van der Waals surface area contributed by atoms with Crippen molar-refractivity contribution in [3.63, 3.8) is 0 Å². The molecule has 19 heavy (non-hydrogen) atoms. The lowest BCUT2D eigenvalue weighted by Gasteiger charge is -2.05. The summed E-state index contributed by atoms with van der Waals surface area (Å²) < 4.78 is 5.28. The Kier molecular flexibility index (Phi) is 4.22. The number of carbonyl (C=O) groups excluding carboxylic acids is 1. The second kappa shape index (κ2) is 5.89. The highest BCUT2D eigenvalue weighted by molar-refractivity contribution is 7.11. The maximum absolute atomic E-state index is 11.9. The van der Waals surface area contributed by atoms with Gasteiger partial charge in [0.1, 0.15) is 6.61 Å². The van der Waals surface area contributed by atoms with Crippen LogP contribution in [-0.4, -0.2) is 5.97 Å². The largest absolute Gasteiger partial charge is 0.456 e. The minimum atomic E-state index is -0.335. The highest BCUT2D eigenvalue weighted by Crippen LogP contribution is 2.19. The van der Waals surface area contributed by atoms with Crippen LogP contribution in [0.4, 0.5) is 5.69 Å². The number of esters is 1. The van der Waals surface area contributed by atoms with Crippen LogP contribution in [0.15, 0.2) is 30.3 Å². The van der Waals surface area contributed by atoms with Crippen molar-refractivity contribution in [2.75, 3.05) is 5.73 Å². The normalized spacial score (nSPS) is 10.4. The Balaban J connectivity index is 1.99. The number of nitrogens with two attached hydrogens (primary N) is 1. The van der Waals surface area contributed by atoms with Crippen molar-refractivity contribution in [1.82, 2.24) is 0 Å². The monoisotopic (exact) mass is 275 g/mol. The van der Waals surface area contributed by atoms with Crippen molar-refractivity contribution in [3.8, 4) is 0 Å². The Hall–Kier alpha value is -1.81.